The highest BCUT2D eigenvalue weighted by Crippen LogP contribution is 2.15. The number of carbonyl (C=O) groups is 1. The maximum Gasteiger partial charge on any atom is 0.187 e. The molecule has 102 valence electrons. The molecule has 1 N–H and O–H groups in total. The van der Waals surface area contributed by atoms with E-state index in [0.717, 1.165) is 11.3 Å². The van der Waals surface area contributed by atoms with E-state index in [4.69, 9.17) is 11.6 Å². The maximum atomic E-state index is 12.0. The van der Waals surface area contributed by atoms with Crippen LogP contribution in [0.3, 0.4) is 0 Å². The molecule has 0 aromatic heterocycles. The van der Waals surface area contributed by atoms with E-state index in [1.165, 1.54) is 11.6 Å². The van der Waals surface area contributed by atoms with Gasteiger partial charge in [-0.15, -0.1) is 0 Å². The topological polar surface area (TPSA) is 29.1 Å². The van der Waals surface area contributed by atoms with Crippen LogP contribution in [0.1, 0.15) is 21.5 Å². The average Bonchev–Trinajstić information content (AvgIpc) is 2.42. The van der Waals surface area contributed by atoms with Gasteiger partial charge in [0, 0.05) is 28.5 Å². The largest absolute Gasteiger partial charge is 0.362 e. The quantitative estimate of drug-likeness (QED) is 0.648. The minimum Gasteiger partial charge on any atom is -0.362 e. The summed E-state index contributed by atoms with van der Waals surface area (Å²) >= 11 is 5.88. The first-order chi connectivity index (χ1) is 9.56. The van der Waals surface area contributed by atoms with Crippen LogP contribution in [0.15, 0.2) is 54.7 Å². The Kier molecular flexibility index (Phi) is 4.59. The smallest absolute Gasteiger partial charge is 0.187 e. The minimum atomic E-state index is -0.0253. The number of nitrogens with one attached hydrogen (secondary N) is 1. The number of aryl methyl sites for hydroxylation is 2. The molecule has 2 rings (SSSR count). The second kappa shape index (κ2) is 6.40. The Labute approximate surface area is 124 Å². The molecule has 2 aromatic carbocycles. The van der Waals surface area contributed by atoms with Crippen molar-refractivity contribution in [2.75, 3.05) is 5.32 Å². The van der Waals surface area contributed by atoms with E-state index >= 15 is 0 Å². The molecule has 0 aliphatic rings. The Morgan fingerprint density at radius 3 is 2.60 bits per heavy atom. The lowest BCUT2D eigenvalue weighted by Gasteiger charge is -2.03. The van der Waals surface area contributed by atoms with Crippen molar-refractivity contribution in [3.05, 3.63) is 76.5 Å². The molecule has 2 aromatic rings. The summed E-state index contributed by atoms with van der Waals surface area (Å²) in [7, 11) is 0. The van der Waals surface area contributed by atoms with Gasteiger partial charge in [-0.2, -0.15) is 0 Å². The third kappa shape index (κ3) is 3.72. The van der Waals surface area contributed by atoms with Gasteiger partial charge in [-0.25, -0.2) is 0 Å². The van der Waals surface area contributed by atoms with Crippen LogP contribution in [0.5, 0.6) is 0 Å². The average molecular weight is 286 g/mol. The van der Waals surface area contributed by atoms with Gasteiger partial charge in [-0.3, -0.25) is 4.79 Å². The van der Waals surface area contributed by atoms with Crippen LogP contribution in [-0.4, -0.2) is 5.78 Å². The summed E-state index contributed by atoms with van der Waals surface area (Å²) in [5, 5.41) is 3.68. The van der Waals surface area contributed by atoms with E-state index in [2.05, 4.69) is 5.32 Å². The van der Waals surface area contributed by atoms with Crippen LogP contribution >= 0.6 is 11.6 Å². The summed E-state index contributed by atoms with van der Waals surface area (Å²) in [6.45, 7) is 4.03. The van der Waals surface area contributed by atoms with E-state index in [0.29, 0.717) is 10.6 Å². The molecule has 20 heavy (non-hydrogen) atoms. The molecular formula is C17H16ClNO. The summed E-state index contributed by atoms with van der Waals surface area (Å²) in [6, 6.07) is 13.0. The van der Waals surface area contributed by atoms with E-state index in [9.17, 15) is 4.79 Å². The van der Waals surface area contributed by atoms with Gasteiger partial charge < -0.3 is 5.32 Å². The zero-order chi connectivity index (χ0) is 14.5. The van der Waals surface area contributed by atoms with Crippen LogP contribution in [0, 0.1) is 13.8 Å². The van der Waals surface area contributed by atoms with Gasteiger partial charge in [-0.05, 0) is 49.2 Å². The Balaban J connectivity index is 2.04. The summed E-state index contributed by atoms with van der Waals surface area (Å²) in [5.74, 6) is -0.0253. The Hall–Kier alpha value is -2.06. The molecule has 0 atom stereocenters. The third-order valence-electron chi connectivity index (χ3n) is 3.10. The number of anilines is 1. The second-order valence-electron chi connectivity index (χ2n) is 4.65. The van der Waals surface area contributed by atoms with Crippen molar-refractivity contribution in [1.29, 1.82) is 0 Å². The van der Waals surface area contributed by atoms with Gasteiger partial charge in [0.25, 0.3) is 0 Å². The molecule has 0 bridgehead atoms. The van der Waals surface area contributed by atoms with Crippen molar-refractivity contribution in [1.82, 2.24) is 0 Å². The van der Waals surface area contributed by atoms with E-state index in [-0.39, 0.29) is 5.78 Å². The van der Waals surface area contributed by atoms with Crippen LogP contribution in [0.25, 0.3) is 0 Å². The molecule has 0 amide bonds. The van der Waals surface area contributed by atoms with Gasteiger partial charge in [0.05, 0.1) is 0 Å². The first-order valence-electron chi connectivity index (χ1n) is 6.36. The van der Waals surface area contributed by atoms with Gasteiger partial charge in [0.2, 0.25) is 0 Å². The summed E-state index contributed by atoms with van der Waals surface area (Å²) in [4.78, 5) is 12.0. The van der Waals surface area contributed by atoms with Crippen molar-refractivity contribution in [2.45, 2.75) is 13.8 Å². The Morgan fingerprint density at radius 1 is 1.10 bits per heavy atom. The van der Waals surface area contributed by atoms with Crippen molar-refractivity contribution in [2.24, 2.45) is 0 Å². The number of rotatable bonds is 4. The number of benzene rings is 2. The Bertz CT molecular complexity index is 662. The number of allylic oxidation sites excluding steroid dienone is 1. The van der Waals surface area contributed by atoms with Crippen LogP contribution < -0.4 is 5.32 Å². The Morgan fingerprint density at radius 2 is 1.90 bits per heavy atom. The molecule has 0 aliphatic carbocycles. The molecule has 0 spiro atoms. The van der Waals surface area contributed by atoms with E-state index in [1.807, 2.05) is 44.2 Å². The van der Waals surface area contributed by atoms with Crippen LogP contribution in [-0.2, 0) is 0 Å². The lowest BCUT2D eigenvalue weighted by Crippen LogP contribution is -1.97. The highest BCUT2D eigenvalue weighted by molar-refractivity contribution is 6.30. The van der Waals surface area contributed by atoms with E-state index < -0.39 is 0 Å². The molecule has 2 nitrogen and oxygen atoms in total. The molecule has 0 saturated carbocycles. The van der Waals surface area contributed by atoms with Gasteiger partial charge in [-0.1, -0.05) is 29.8 Å². The first-order valence-corrected chi connectivity index (χ1v) is 6.74. The van der Waals surface area contributed by atoms with Crippen molar-refractivity contribution in [3.63, 3.8) is 0 Å². The lowest BCUT2D eigenvalue weighted by molar-refractivity contribution is 0.104. The highest BCUT2D eigenvalue weighted by Gasteiger charge is 2.02. The number of halogens is 1. The van der Waals surface area contributed by atoms with Crippen molar-refractivity contribution in [3.8, 4) is 0 Å². The predicted molar refractivity (Wildman–Crippen MR) is 84.5 cm³/mol. The molecule has 0 fully saturated rings. The molecule has 0 unspecified atom stereocenters. The maximum absolute atomic E-state index is 12.0. The zero-order valence-electron chi connectivity index (χ0n) is 11.5. The number of hydrogen-bond donors (Lipinski definition) is 1. The van der Waals surface area contributed by atoms with Gasteiger partial charge in [0.1, 0.15) is 0 Å². The number of hydrogen-bond acceptors (Lipinski definition) is 2. The van der Waals surface area contributed by atoms with Crippen molar-refractivity contribution >= 4 is 23.1 Å². The fourth-order valence-corrected chi connectivity index (χ4v) is 1.97. The molecular weight excluding hydrogens is 270 g/mol. The number of ketones is 1. The monoisotopic (exact) mass is 285 g/mol. The fraction of sp³-hybridized carbons (Fsp3) is 0.118. The van der Waals surface area contributed by atoms with Crippen LogP contribution in [0.4, 0.5) is 5.69 Å². The summed E-state index contributed by atoms with van der Waals surface area (Å²) < 4.78 is 0. The normalized spacial score (nSPS) is 10.8. The lowest BCUT2D eigenvalue weighted by atomic mass is 10.0. The summed E-state index contributed by atoms with van der Waals surface area (Å²) in [6.07, 6.45) is 3.15. The molecule has 3 heteroatoms. The molecule has 0 heterocycles. The summed E-state index contributed by atoms with van der Waals surface area (Å²) in [5.41, 5.74) is 3.84. The first kappa shape index (κ1) is 14.4. The van der Waals surface area contributed by atoms with E-state index in [1.54, 1.807) is 18.3 Å². The number of carbonyl (C=O) groups excluding carboxylic acids is 1. The predicted octanol–water partition coefficient (Wildman–Crippen LogP) is 4.77. The van der Waals surface area contributed by atoms with Crippen LogP contribution in [0.2, 0.25) is 5.02 Å². The fourth-order valence-electron chi connectivity index (χ4n) is 1.78. The molecule has 0 saturated heterocycles. The standard InChI is InChI=1S/C17H16ClNO/c1-12-6-7-14(10-13(12)2)17(20)8-9-19-16-5-3-4-15(18)11-16/h3-11,19H,1-2H3/b9-8+. The van der Waals surface area contributed by atoms with Crippen molar-refractivity contribution < 1.29 is 4.79 Å². The second-order valence-corrected chi connectivity index (χ2v) is 5.09. The SMILES string of the molecule is Cc1ccc(C(=O)/C=C/Nc2cccc(Cl)c2)cc1C. The molecule has 0 aliphatic heterocycles. The van der Waals surface area contributed by atoms with Gasteiger partial charge in [0.15, 0.2) is 5.78 Å². The highest BCUT2D eigenvalue weighted by atomic mass is 35.5. The van der Waals surface area contributed by atoms with Gasteiger partial charge >= 0.3 is 0 Å². The zero-order valence-corrected chi connectivity index (χ0v) is 12.2. The molecule has 0 radical (unpaired) electrons. The third-order valence-corrected chi connectivity index (χ3v) is 3.34. The minimum absolute atomic E-state index is 0.0253.